The molecule has 4 heteroatoms. The lowest BCUT2D eigenvalue weighted by Gasteiger charge is -2.00. The van der Waals surface area contributed by atoms with Gasteiger partial charge in [-0.25, -0.2) is 9.78 Å². The number of hydrogen-bond donors (Lipinski definition) is 1. The van der Waals surface area contributed by atoms with Gasteiger partial charge in [-0.15, -0.1) is 0 Å². The van der Waals surface area contributed by atoms with Gasteiger partial charge in [-0.05, 0) is 24.6 Å². The van der Waals surface area contributed by atoms with Gasteiger partial charge in [0.1, 0.15) is 5.69 Å². The number of pyridine rings is 1. The van der Waals surface area contributed by atoms with Crippen molar-refractivity contribution in [3.8, 4) is 0 Å². The van der Waals surface area contributed by atoms with Gasteiger partial charge in [-0.1, -0.05) is 6.07 Å². The molecule has 0 aliphatic heterocycles. The van der Waals surface area contributed by atoms with Crippen molar-refractivity contribution in [2.45, 2.75) is 6.42 Å². The van der Waals surface area contributed by atoms with Crippen molar-refractivity contribution < 1.29 is 9.53 Å². The van der Waals surface area contributed by atoms with E-state index < -0.39 is 5.97 Å². The van der Waals surface area contributed by atoms with Gasteiger partial charge < -0.3 is 10.5 Å². The van der Waals surface area contributed by atoms with Crippen molar-refractivity contribution in [1.82, 2.24) is 4.98 Å². The molecule has 0 aliphatic rings. The minimum atomic E-state index is -0.417. The van der Waals surface area contributed by atoms with Gasteiger partial charge in [0, 0.05) is 6.20 Å². The number of ether oxygens (including phenoxy) is 1. The summed E-state index contributed by atoms with van der Waals surface area (Å²) in [5, 5.41) is 0. The van der Waals surface area contributed by atoms with Crippen LogP contribution in [0.3, 0.4) is 0 Å². The van der Waals surface area contributed by atoms with Crippen LogP contribution in [0.25, 0.3) is 0 Å². The van der Waals surface area contributed by atoms with Crippen molar-refractivity contribution in [2.24, 2.45) is 5.73 Å². The predicted octanol–water partition coefficient (Wildman–Crippen LogP) is 0.369. The number of nitrogens with two attached hydrogens (primary N) is 1. The Balaban J connectivity index is 2.75. The van der Waals surface area contributed by atoms with E-state index in [2.05, 4.69) is 9.72 Å². The van der Waals surface area contributed by atoms with E-state index in [1.807, 2.05) is 6.07 Å². The Bertz CT molecular complexity index is 282. The molecule has 0 saturated carbocycles. The van der Waals surface area contributed by atoms with Crippen molar-refractivity contribution in [3.05, 3.63) is 29.6 Å². The van der Waals surface area contributed by atoms with Gasteiger partial charge in [0.15, 0.2) is 0 Å². The normalized spacial score (nSPS) is 9.69. The maximum atomic E-state index is 11.0. The molecule has 1 rings (SSSR count). The van der Waals surface area contributed by atoms with Crippen LogP contribution in [0, 0.1) is 0 Å². The van der Waals surface area contributed by atoms with Crippen LogP contribution >= 0.6 is 0 Å². The number of nitrogens with zero attached hydrogens (tertiary/aromatic N) is 1. The highest BCUT2D eigenvalue weighted by Crippen LogP contribution is 2.01. The van der Waals surface area contributed by atoms with E-state index in [1.165, 1.54) is 7.11 Å². The second-order valence-corrected chi connectivity index (χ2v) is 2.58. The molecular formula is C9H12N2O2. The van der Waals surface area contributed by atoms with Crippen LogP contribution in [-0.4, -0.2) is 24.6 Å². The van der Waals surface area contributed by atoms with Crippen molar-refractivity contribution in [3.63, 3.8) is 0 Å². The van der Waals surface area contributed by atoms with Gasteiger partial charge in [0.05, 0.1) is 7.11 Å². The lowest BCUT2D eigenvalue weighted by molar-refractivity contribution is 0.0594. The monoisotopic (exact) mass is 180 g/mol. The predicted molar refractivity (Wildman–Crippen MR) is 48.3 cm³/mol. The van der Waals surface area contributed by atoms with E-state index in [4.69, 9.17) is 5.73 Å². The van der Waals surface area contributed by atoms with Crippen LogP contribution in [-0.2, 0) is 11.2 Å². The summed E-state index contributed by atoms with van der Waals surface area (Å²) in [6.07, 6.45) is 2.41. The van der Waals surface area contributed by atoms with Gasteiger partial charge in [0.2, 0.25) is 0 Å². The lowest BCUT2D eigenvalue weighted by Crippen LogP contribution is -2.06. The summed E-state index contributed by atoms with van der Waals surface area (Å²) in [5.74, 6) is -0.417. The summed E-state index contributed by atoms with van der Waals surface area (Å²) in [4.78, 5) is 14.9. The average molecular weight is 180 g/mol. The standard InChI is InChI=1S/C9H12N2O2/c1-13-9(12)8-3-2-7(4-5-10)6-11-8/h2-3,6H,4-5,10H2,1H3. The van der Waals surface area contributed by atoms with Crippen LogP contribution in [0.2, 0.25) is 0 Å². The molecule has 0 bridgehead atoms. The zero-order valence-corrected chi connectivity index (χ0v) is 7.49. The highest BCUT2D eigenvalue weighted by molar-refractivity contribution is 5.86. The number of methoxy groups -OCH3 is 1. The van der Waals surface area contributed by atoms with Crippen LogP contribution in [0.15, 0.2) is 18.3 Å². The fraction of sp³-hybridized carbons (Fsp3) is 0.333. The molecule has 0 radical (unpaired) electrons. The Kier molecular flexibility index (Phi) is 3.40. The number of esters is 1. The van der Waals surface area contributed by atoms with Crippen LogP contribution in [0.1, 0.15) is 16.1 Å². The summed E-state index contributed by atoms with van der Waals surface area (Å²) in [6, 6.07) is 3.46. The van der Waals surface area contributed by atoms with Gasteiger partial charge in [-0.3, -0.25) is 0 Å². The molecule has 0 fully saturated rings. The molecule has 1 heterocycles. The molecule has 70 valence electrons. The van der Waals surface area contributed by atoms with Crippen LogP contribution < -0.4 is 5.73 Å². The van der Waals surface area contributed by atoms with Crippen molar-refractivity contribution in [1.29, 1.82) is 0 Å². The van der Waals surface area contributed by atoms with E-state index in [-0.39, 0.29) is 0 Å². The van der Waals surface area contributed by atoms with Gasteiger partial charge in [-0.2, -0.15) is 0 Å². The molecule has 1 aromatic rings. The van der Waals surface area contributed by atoms with Crippen molar-refractivity contribution in [2.75, 3.05) is 13.7 Å². The number of carbonyl (C=O) groups is 1. The van der Waals surface area contributed by atoms with E-state index in [0.29, 0.717) is 12.2 Å². The summed E-state index contributed by atoms with van der Waals surface area (Å²) in [6.45, 7) is 0.583. The Labute approximate surface area is 76.7 Å². The Hall–Kier alpha value is -1.42. The molecule has 1 aromatic heterocycles. The molecule has 0 saturated heterocycles. The zero-order valence-electron chi connectivity index (χ0n) is 7.49. The maximum absolute atomic E-state index is 11.0. The smallest absolute Gasteiger partial charge is 0.356 e. The quantitative estimate of drug-likeness (QED) is 0.682. The molecule has 0 spiro atoms. The minimum Gasteiger partial charge on any atom is -0.464 e. The first-order valence-corrected chi connectivity index (χ1v) is 4.01. The van der Waals surface area contributed by atoms with E-state index in [1.54, 1.807) is 12.3 Å². The third-order valence-corrected chi connectivity index (χ3v) is 1.65. The lowest BCUT2D eigenvalue weighted by atomic mass is 10.2. The van der Waals surface area contributed by atoms with E-state index in [9.17, 15) is 4.79 Å². The average Bonchev–Trinajstić information content (AvgIpc) is 2.18. The Morgan fingerprint density at radius 1 is 1.62 bits per heavy atom. The Morgan fingerprint density at radius 2 is 2.38 bits per heavy atom. The maximum Gasteiger partial charge on any atom is 0.356 e. The largest absolute Gasteiger partial charge is 0.464 e. The SMILES string of the molecule is COC(=O)c1ccc(CCN)cn1. The van der Waals surface area contributed by atoms with Gasteiger partial charge in [0.25, 0.3) is 0 Å². The van der Waals surface area contributed by atoms with Crippen LogP contribution in [0.4, 0.5) is 0 Å². The topological polar surface area (TPSA) is 65.2 Å². The fourth-order valence-corrected chi connectivity index (χ4v) is 0.964. The first kappa shape index (κ1) is 9.67. The number of rotatable bonds is 3. The van der Waals surface area contributed by atoms with Crippen LogP contribution in [0.5, 0.6) is 0 Å². The summed E-state index contributed by atoms with van der Waals surface area (Å²) < 4.78 is 4.51. The highest BCUT2D eigenvalue weighted by atomic mass is 16.5. The number of aromatic nitrogens is 1. The second-order valence-electron chi connectivity index (χ2n) is 2.58. The third-order valence-electron chi connectivity index (χ3n) is 1.65. The summed E-state index contributed by atoms with van der Waals surface area (Å²) in [5.41, 5.74) is 6.71. The van der Waals surface area contributed by atoms with E-state index >= 15 is 0 Å². The highest BCUT2D eigenvalue weighted by Gasteiger charge is 2.05. The molecule has 0 aromatic carbocycles. The first-order valence-electron chi connectivity index (χ1n) is 4.01. The summed E-state index contributed by atoms with van der Waals surface area (Å²) >= 11 is 0. The molecule has 0 aliphatic carbocycles. The van der Waals surface area contributed by atoms with E-state index in [0.717, 1.165) is 12.0 Å². The molecule has 13 heavy (non-hydrogen) atoms. The third kappa shape index (κ3) is 2.52. The second kappa shape index (κ2) is 4.57. The minimum absolute atomic E-state index is 0.322. The molecule has 0 amide bonds. The summed E-state index contributed by atoms with van der Waals surface area (Å²) in [7, 11) is 1.33. The fourth-order valence-electron chi connectivity index (χ4n) is 0.964. The Morgan fingerprint density at radius 3 is 2.85 bits per heavy atom. The molecule has 2 N–H and O–H groups in total. The number of carbonyl (C=O) groups excluding carboxylic acids is 1. The first-order chi connectivity index (χ1) is 6.27. The zero-order chi connectivity index (χ0) is 9.68. The van der Waals surface area contributed by atoms with Gasteiger partial charge >= 0.3 is 5.97 Å². The number of hydrogen-bond acceptors (Lipinski definition) is 4. The molecular weight excluding hydrogens is 168 g/mol. The molecule has 0 atom stereocenters. The molecule has 4 nitrogen and oxygen atoms in total. The van der Waals surface area contributed by atoms with Crippen molar-refractivity contribution >= 4 is 5.97 Å². The molecule has 0 unspecified atom stereocenters.